The number of hydrogen-bond donors (Lipinski definition) is 0. The van der Waals surface area contributed by atoms with Crippen molar-refractivity contribution in [3.05, 3.63) is 54.4 Å². The molecule has 0 saturated carbocycles. The minimum atomic E-state index is -1.15. The topological polar surface area (TPSA) is 3.24 Å². The number of nitrogens with zero attached hydrogens (tertiary/aromatic N) is 1. The average molecular weight is 241 g/mol. The Morgan fingerprint density at radius 3 is 2.12 bits per heavy atom. The Kier molecular flexibility index (Phi) is 4.37. The van der Waals surface area contributed by atoms with Crippen molar-refractivity contribution >= 4 is 5.69 Å². The van der Waals surface area contributed by atoms with Crippen LogP contribution in [-0.4, -0.2) is 13.1 Å². The normalized spacial score (nSPS) is 10.1. The van der Waals surface area contributed by atoms with Crippen LogP contribution < -0.4 is 4.90 Å². The Bertz CT molecular complexity index is 431. The monoisotopic (exact) mass is 241 g/mol. The summed E-state index contributed by atoms with van der Waals surface area (Å²) < 4.78 is 40.2. The number of hydrogen-bond acceptors (Lipinski definition) is 1. The van der Waals surface area contributed by atoms with Gasteiger partial charge in [-0.05, 0) is 6.92 Å². The second-order valence-electron chi connectivity index (χ2n) is 3.61. The third-order valence-corrected chi connectivity index (χ3v) is 2.40. The lowest BCUT2D eigenvalue weighted by molar-refractivity contribution is 0.486. The molecular formula is C13H14F3N. The molecule has 1 aromatic carbocycles. The zero-order valence-corrected chi connectivity index (χ0v) is 9.64. The molecule has 1 rings (SSSR count). The van der Waals surface area contributed by atoms with Crippen molar-refractivity contribution in [1.29, 1.82) is 0 Å². The van der Waals surface area contributed by atoms with Crippen molar-refractivity contribution in [2.24, 2.45) is 0 Å². The van der Waals surface area contributed by atoms with Crippen molar-refractivity contribution in [2.75, 3.05) is 18.0 Å². The summed E-state index contributed by atoms with van der Waals surface area (Å²) in [6.45, 7) is 8.93. The van der Waals surface area contributed by atoms with E-state index in [1.165, 1.54) is 11.8 Å². The lowest BCUT2D eigenvalue weighted by atomic mass is 10.1. The molecule has 0 aliphatic carbocycles. The maximum Gasteiger partial charge on any atom is 0.164 e. The molecule has 4 heteroatoms. The molecule has 0 fully saturated rings. The van der Waals surface area contributed by atoms with Gasteiger partial charge in [0, 0.05) is 24.7 Å². The van der Waals surface area contributed by atoms with Crippen LogP contribution in [0.25, 0.3) is 0 Å². The molecule has 17 heavy (non-hydrogen) atoms. The van der Waals surface area contributed by atoms with Gasteiger partial charge in [-0.2, -0.15) is 0 Å². The molecule has 0 atom stereocenters. The Morgan fingerprint density at radius 1 is 1.12 bits per heavy atom. The van der Waals surface area contributed by atoms with E-state index in [9.17, 15) is 13.2 Å². The van der Waals surface area contributed by atoms with Crippen LogP contribution in [0.1, 0.15) is 5.56 Å². The molecule has 0 aliphatic rings. The lowest BCUT2D eigenvalue weighted by Gasteiger charge is -2.23. The number of anilines is 1. The van der Waals surface area contributed by atoms with E-state index >= 15 is 0 Å². The average Bonchev–Trinajstić information content (AvgIpc) is 2.31. The van der Waals surface area contributed by atoms with Gasteiger partial charge in [0.05, 0.1) is 5.69 Å². The summed E-state index contributed by atoms with van der Waals surface area (Å²) in [6, 6.07) is 0.852. The van der Waals surface area contributed by atoms with E-state index in [1.807, 2.05) is 0 Å². The number of halogens is 3. The summed E-state index contributed by atoms with van der Waals surface area (Å²) in [7, 11) is 0. The molecule has 0 radical (unpaired) electrons. The largest absolute Gasteiger partial charge is 0.362 e. The van der Waals surface area contributed by atoms with Crippen LogP contribution in [0, 0.1) is 24.4 Å². The fourth-order valence-electron chi connectivity index (χ4n) is 1.53. The lowest BCUT2D eigenvalue weighted by Crippen LogP contribution is -2.25. The molecule has 0 heterocycles. The number of benzene rings is 1. The Labute approximate surface area is 98.9 Å². The van der Waals surface area contributed by atoms with Crippen LogP contribution in [0.15, 0.2) is 31.4 Å². The van der Waals surface area contributed by atoms with Gasteiger partial charge in [-0.25, -0.2) is 13.2 Å². The quantitative estimate of drug-likeness (QED) is 0.562. The molecule has 0 unspecified atom stereocenters. The molecule has 92 valence electrons. The molecule has 0 aromatic heterocycles. The zero-order valence-electron chi connectivity index (χ0n) is 9.64. The number of rotatable bonds is 5. The fraction of sp³-hybridized carbons (Fsp3) is 0.231. The van der Waals surface area contributed by atoms with Crippen molar-refractivity contribution < 1.29 is 13.2 Å². The molecule has 1 nitrogen and oxygen atoms in total. The maximum atomic E-state index is 13.8. The SMILES string of the molecule is C=CCN(CC=C)c1cc(F)c(F)c(C)c1F. The van der Waals surface area contributed by atoms with Gasteiger partial charge in [-0.3, -0.25) is 0 Å². The first-order valence-corrected chi connectivity index (χ1v) is 5.13. The maximum absolute atomic E-state index is 13.8. The molecule has 0 aliphatic heterocycles. The van der Waals surface area contributed by atoms with Gasteiger partial charge >= 0.3 is 0 Å². The van der Waals surface area contributed by atoms with Gasteiger partial charge in [0.1, 0.15) is 0 Å². The van der Waals surface area contributed by atoms with E-state index < -0.39 is 17.5 Å². The highest BCUT2D eigenvalue weighted by molar-refractivity contribution is 5.52. The van der Waals surface area contributed by atoms with Crippen LogP contribution in [-0.2, 0) is 0 Å². The second-order valence-corrected chi connectivity index (χ2v) is 3.61. The molecule has 0 spiro atoms. The van der Waals surface area contributed by atoms with Crippen LogP contribution in [0.4, 0.5) is 18.9 Å². The van der Waals surface area contributed by atoms with E-state index in [4.69, 9.17) is 0 Å². The van der Waals surface area contributed by atoms with Crippen LogP contribution in [0.2, 0.25) is 0 Å². The van der Waals surface area contributed by atoms with E-state index in [0.717, 1.165) is 6.07 Å². The molecular weight excluding hydrogens is 227 g/mol. The Morgan fingerprint density at radius 2 is 1.65 bits per heavy atom. The third-order valence-electron chi connectivity index (χ3n) is 2.40. The molecule has 0 saturated heterocycles. The summed E-state index contributed by atoms with van der Waals surface area (Å²) in [5.41, 5.74) is -0.306. The third kappa shape index (κ3) is 2.70. The first-order chi connectivity index (χ1) is 8.02. The van der Waals surface area contributed by atoms with Crippen molar-refractivity contribution in [2.45, 2.75) is 6.92 Å². The summed E-state index contributed by atoms with van der Waals surface area (Å²) in [5, 5.41) is 0. The summed E-state index contributed by atoms with van der Waals surface area (Å²) in [4.78, 5) is 1.52. The highest BCUT2D eigenvalue weighted by atomic mass is 19.2. The summed E-state index contributed by atoms with van der Waals surface area (Å²) in [6.07, 6.45) is 3.11. The fourth-order valence-corrected chi connectivity index (χ4v) is 1.53. The van der Waals surface area contributed by atoms with Gasteiger partial charge in [-0.1, -0.05) is 12.2 Å². The summed E-state index contributed by atoms with van der Waals surface area (Å²) in [5.74, 6) is -2.96. The van der Waals surface area contributed by atoms with Gasteiger partial charge < -0.3 is 4.90 Å². The van der Waals surface area contributed by atoms with E-state index in [2.05, 4.69) is 13.2 Å². The van der Waals surface area contributed by atoms with E-state index in [-0.39, 0.29) is 11.3 Å². The van der Waals surface area contributed by atoms with Crippen LogP contribution >= 0.6 is 0 Å². The van der Waals surface area contributed by atoms with Gasteiger partial charge in [0.2, 0.25) is 0 Å². The van der Waals surface area contributed by atoms with Gasteiger partial charge in [-0.15, -0.1) is 13.2 Å². The van der Waals surface area contributed by atoms with E-state index in [0.29, 0.717) is 13.1 Å². The smallest absolute Gasteiger partial charge is 0.164 e. The molecule has 1 aromatic rings. The predicted molar refractivity (Wildman–Crippen MR) is 63.7 cm³/mol. The molecule has 0 amide bonds. The highest BCUT2D eigenvalue weighted by Crippen LogP contribution is 2.26. The Balaban J connectivity index is 3.27. The van der Waals surface area contributed by atoms with Crippen molar-refractivity contribution in [3.8, 4) is 0 Å². The minimum Gasteiger partial charge on any atom is -0.362 e. The molecule has 0 N–H and O–H groups in total. The van der Waals surface area contributed by atoms with Crippen molar-refractivity contribution in [3.63, 3.8) is 0 Å². The van der Waals surface area contributed by atoms with Gasteiger partial charge in [0.25, 0.3) is 0 Å². The first-order valence-electron chi connectivity index (χ1n) is 5.13. The first kappa shape index (κ1) is 13.4. The second kappa shape index (κ2) is 5.57. The summed E-state index contributed by atoms with van der Waals surface area (Å²) >= 11 is 0. The van der Waals surface area contributed by atoms with Gasteiger partial charge in [0.15, 0.2) is 17.5 Å². The van der Waals surface area contributed by atoms with Crippen molar-refractivity contribution in [1.82, 2.24) is 0 Å². The van der Waals surface area contributed by atoms with Crippen LogP contribution in [0.5, 0.6) is 0 Å². The predicted octanol–water partition coefficient (Wildman–Crippen LogP) is 3.59. The highest BCUT2D eigenvalue weighted by Gasteiger charge is 2.18. The molecule has 0 bridgehead atoms. The Hall–Kier alpha value is -1.71. The van der Waals surface area contributed by atoms with E-state index in [1.54, 1.807) is 12.2 Å². The standard InChI is InChI=1S/C13H14F3N/c1-4-6-17(7-5-2)11-8-10(14)12(15)9(3)13(11)16/h4-5,8H,1-2,6-7H2,3H3. The van der Waals surface area contributed by atoms with Crippen LogP contribution in [0.3, 0.4) is 0 Å². The minimum absolute atomic E-state index is 0.0150. The zero-order chi connectivity index (χ0) is 13.0.